The van der Waals surface area contributed by atoms with E-state index in [1.807, 2.05) is 42.5 Å². The minimum absolute atomic E-state index is 0. The lowest BCUT2D eigenvalue weighted by molar-refractivity contribution is 0.102. The lowest BCUT2D eigenvalue weighted by atomic mass is 10.1. The van der Waals surface area contributed by atoms with E-state index >= 15 is 0 Å². The third kappa shape index (κ3) is 4.81. The Balaban J connectivity index is 0.00000208. The number of benzene rings is 2. The van der Waals surface area contributed by atoms with E-state index in [2.05, 4.69) is 34.6 Å². The molecule has 128 valence electrons. The predicted molar refractivity (Wildman–Crippen MR) is 101 cm³/mol. The molecule has 0 aromatic heterocycles. The lowest BCUT2D eigenvalue weighted by Gasteiger charge is -2.33. The molecule has 0 bridgehead atoms. The van der Waals surface area contributed by atoms with Gasteiger partial charge in [0.1, 0.15) is 0 Å². The van der Waals surface area contributed by atoms with Crippen molar-refractivity contribution in [2.75, 3.05) is 25.0 Å². The maximum absolute atomic E-state index is 12.2. The molecule has 0 radical (unpaired) electrons. The molecule has 5 heteroatoms. The highest BCUT2D eigenvalue weighted by atomic mass is 35.5. The average molecular weight is 346 g/mol. The zero-order valence-corrected chi connectivity index (χ0v) is 14.7. The van der Waals surface area contributed by atoms with E-state index in [4.69, 9.17) is 0 Å². The van der Waals surface area contributed by atoms with Crippen molar-refractivity contribution < 1.29 is 4.79 Å². The highest BCUT2D eigenvalue weighted by molar-refractivity contribution is 6.04. The molecule has 1 amide bonds. The van der Waals surface area contributed by atoms with Gasteiger partial charge in [0.25, 0.3) is 5.91 Å². The van der Waals surface area contributed by atoms with E-state index in [1.165, 1.54) is 5.56 Å². The van der Waals surface area contributed by atoms with Crippen LogP contribution in [0, 0.1) is 0 Å². The fourth-order valence-corrected chi connectivity index (χ4v) is 2.84. The summed E-state index contributed by atoms with van der Waals surface area (Å²) in [7, 11) is 0. The summed E-state index contributed by atoms with van der Waals surface area (Å²) in [5, 5.41) is 6.31. The van der Waals surface area contributed by atoms with E-state index in [0.29, 0.717) is 11.6 Å². The monoisotopic (exact) mass is 345 g/mol. The number of carbonyl (C=O) groups excluding carboxylic acids is 1. The number of halogens is 1. The van der Waals surface area contributed by atoms with Crippen molar-refractivity contribution in [1.82, 2.24) is 10.2 Å². The van der Waals surface area contributed by atoms with Gasteiger partial charge in [-0.15, -0.1) is 12.4 Å². The molecule has 1 saturated heterocycles. The molecule has 1 aliphatic heterocycles. The van der Waals surface area contributed by atoms with E-state index in [-0.39, 0.29) is 18.3 Å². The van der Waals surface area contributed by atoms with Gasteiger partial charge >= 0.3 is 0 Å². The number of amides is 1. The summed E-state index contributed by atoms with van der Waals surface area (Å²) in [5.41, 5.74) is 2.75. The van der Waals surface area contributed by atoms with Gasteiger partial charge in [-0.2, -0.15) is 0 Å². The van der Waals surface area contributed by atoms with E-state index < -0.39 is 0 Å². The smallest absolute Gasteiger partial charge is 0.255 e. The Kier molecular flexibility index (Phi) is 6.79. The number of piperazine rings is 1. The average Bonchev–Trinajstić information content (AvgIpc) is 2.58. The molecule has 2 aromatic rings. The van der Waals surface area contributed by atoms with Crippen LogP contribution in [0.2, 0.25) is 0 Å². The van der Waals surface area contributed by atoms with Gasteiger partial charge in [-0.25, -0.2) is 0 Å². The van der Waals surface area contributed by atoms with Gasteiger partial charge in [0.05, 0.1) is 0 Å². The van der Waals surface area contributed by atoms with Crippen LogP contribution in [0.25, 0.3) is 0 Å². The molecule has 3 rings (SSSR count). The van der Waals surface area contributed by atoms with Crippen molar-refractivity contribution in [1.29, 1.82) is 0 Å². The predicted octanol–water partition coefficient (Wildman–Crippen LogP) is 3.15. The first-order valence-electron chi connectivity index (χ1n) is 8.12. The molecule has 1 heterocycles. The molecule has 0 aliphatic carbocycles. The topological polar surface area (TPSA) is 44.4 Å². The fraction of sp³-hybridized carbons (Fsp3) is 0.316. The van der Waals surface area contributed by atoms with Gasteiger partial charge in [0.2, 0.25) is 0 Å². The van der Waals surface area contributed by atoms with E-state index in [0.717, 1.165) is 31.9 Å². The first-order valence-corrected chi connectivity index (χ1v) is 8.12. The summed E-state index contributed by atoms with van der Waals surface area (Å²) in [4.78, 5) is 14.7. The molecule has 4 nitrogen and oxygen atoms in total. The Morgan fingerprint density at radius 1 is 1.17 bits per heavy atom. The van der Waals surface area contributed by atoms with Crippen molar-refractivity contribution in [3.63, 3.8) is 0 Å². The molecule has 0 unspecified atom stereocenters. The quantitative estimate of drug-likeness (QED) is 0.894. The molecule has 0 spiro atoms. The Hall–Kier alpha value is -1.88. The summed E-state index contributed by atoms with van der Waals surface area (Å²) in [6.45, 7) is 6.33. The fourth-order valence-electron chi connectivity index (χ4n) is 2.84. The third-order valence-corrected chi connectivity index (χ3v) is 4.27. The second kappa shape index (κ2) is 8.83. The molecule has 2 N–H and O–H groups in total. The van der Waals surface area contributed by atoms with Crippen LogP contribution in [0.4, 0.5) is 5.69 Å². The molecular weight excluding hydrogens is 322 g/mol. The van der Waals surface area contributed by atoms with Gasteiger partial charge in [0, 0.05) is 43.5 Å². The first-order chi connectivity index (χ1) is 11.2. The van der Waals surface area contributed by atoms with Gasteiger partial charge in [-0.1, -0.05) is 30.3 Å². The molecular formula is C19H24ClN3O. The summed E-state index contributed by atoms with van der Waals surface area (Å²) in [6.07, 6.45) is 0. The minimum Gasteiger partial charge on any atom is -0.322 e. The van der Waals surface area contributed by atoms with Crippen LogP contribution < -0.4 is 10.6 Å². The van der Waals surface area contributed by atoms with E-state index in [1.54, 1.807) is 0 Å². The van der Waals surface area contributed by atoms with Crippen molar-refractivity contribution >= 4 is 24.0 Å². The van der Waals surface area contributed by atoms with Gasteiger partial charge < -0.3 is 10.6 Å². The van der Waals surface area contributed by atoms with Crippen LogP contribution in [0.3, 0.4) is 0 Å². The Morgan fingerprint density at radius 3 is 2.54 bits per heavy atom. The van der Waals surface area contributed by atoms with Crippen LogP contribution in [0.5, 0.6) is 0 Å². The molecule has 0 saturated carbocycles. The van der Waals surface area contributed by atoms with E-state index in [9.17, 15) is 4.79 Å². The Labute approximate surface area is 149 Å². The standard InChI is InChI=1S/C19H23N3O.ClH/c1-15-13-20-11-12-22(15)14-16-7-9-17(10-8-16)19(23)21-18-5-3-2-4-6-18;/h2-10,15,20H,11-14H2,1H3,(H,21,23);1H/t15-;/m1./s1. The largest absolute Gasteiger partial charge is 0.322 e. The Bertz CT molecular complexity index is 645. The van der Waals surface area contributed by atoms with Crippen LogP contribution in [-0.2, 0) is 6.54 Å². The van der Waals surface area contributed by atoms with Crippen LogP contribution in [0.1, 0.15) is 22.8 Å². The molecule has 1 fully saturated rings. The Morgan fingerprint density at radius 2 is 1.88 bits per heavy atom. The number of nitrogens with one attached hydrogen (secondary N) is 2. The highest BCUT2D eigenvalue weighted by Crippen LogP contribution is 2.13. The zero-order chi connectivity index (χ0) is 16.1. The number of hydrogen-bond acceptors (Lipinski definition) is 3. The van der Waals surface area contributed by atoms with Crippen LogP contribution in [-0.4, -0.2) is 36.5 Å². The van der Waals surface area contributed by atoms with Crippen LogP contribution in [0.15, 0.2) is 54.6 Å². The number of nitrogens with zero attached hydrogens (tertiary/aromatic N) is 1. The van der Waals surface area contributed by atoms with Gasteiger partial charge in [0.15, 0.2) is 0 Å². The second-order valence-electron chi connectivity index (χ2n) is 6.04. The van der Waals surface area contributed by atoms with Gasteiger partial charge in [-0.3, -0.25) is 9.69 Å². The molecule has 1 atom stereocenters. The summed E-state index contributed by atoms with van der Waals surface area (Å²) in [5.74, 6) is -0.0710. The highest BCUT2D eigenvalue weighted by Gasteiger charge is 2.17. The van der Waals surface area contributed by atoms with Crippen molar-refractivity contribution in [2.24, 2.45) is 0 Å². The summed E-state index contributed by atoms with van der Waals surface area (Å²) < 4.78 is 0. The SMILES string of the molecule is C[C@@H]1CNCCN1Cc1ccc(C(=O)Nc2ccccc2)cc1.Cl. The number of anilines is 1. The molecule has 2 aromatic carbocycles. The maximum Gasteiger partial charge on any atom is 0.255 e. The van der Waals surface area contributed by atoms with Crippen LogP contribution >= 0.6 is 12.4 Å². The minimum atomic E-state index is -0.0710. The zero-order valence-electron chi connectivity index (χ0n) is 13.9. The molecule has 24 heavy (non-hydrogen) atoms. The normalized spacial score (nSPS) is 17.8. The van der Waals surface area contributed by atoms with Crippen molar-refractivity contribution in [2.45, 2.75) is 19.5 Å². The lowest BCUT2D eigenvalue weighted by Crippen LogP contribution is -2.49. The number of hydrogen-bond donors (Lipinski definition) is 2. The summed E-state index contributed by atoms with van der Waals surface area (Å²) >= 11 is 0. The van der Waals surface area contributed by atoms with Crippen molar-refractivity contribution in [3.05, 3.63) is 65.7 Å². The number of rotatable bonds is 4. The second-order valence-corrected chi connectivity index (χ2v) is 6.04. The first kappa shape index (κ1) is 18.5. The molecule has 1 aliphatic rings. The summed E-state index contributed by atoms with van der Waals surface area (Å²) in [6, 6.07) is 18.0. The number of carbonyl (C=O) groups is 1. The number of para-hydroxylation sites is 1. The van der Waals surface area contributed by atoms with Crippen molar-refractivity contribution in [3.8, 4) is 0 Å². The van der Waals surface area contributed by atoms with Gasteiger partial charge in [-0.05, 0) is 36.8 Å². The third-order valence-electron chi connectivity index (χ3n) is 4.27. The maximum atomic E-state index is 12.2.